The molecule has 6 heteroatoms. The van der Waals surface area contributed by atoms with E-state index in [-0.39, 0.29) is 17.6 Å². The van der Waals surface area contributed by atoms with E-state index < -0.39 is 17.5 Å². The number of hydrogen-bond donors (Lipinski definition) is 1. The number of nitrogens with zero attached hydrogens (tertiary/aromatic N) is 2. The number of carbonyl (C=O) groups is 1. The van der Waals surface area contributed by atoms with Crippen LogP contribution in [0.4, 0.5) is 8.78 Å². The molecule has 1 aromatic carbocycles. The Hall–Kier alpha value is -2.34. The first-order chi connectivity index (χ1) is 12.6. The van der Waals surface area contributed by atoms with Gasteiger partial charge in [0.1, 0.15) is 11.6 Å². The molecule has 0 aliphatic carbocycles. The van der Waals surface area contributed by atoms with Crippen molar-refractivity contribution in [3.8, 4) is 0 Å². The highest BCUT2D eigenvalue weighted by atomic mass is 19.1. The van der Waals surface area contributed by atoms with Crippen LogP contribution in [0.3, 0.4) is 0 Å². The Bertz CT molecular complexity index is 771. The summed E-state index contributed by atoms with van der Waals surface area (Å²) in [6, 6.07) is 7.03. The lowest BCUT2D eigenvalue weighted by atomic mass is 9.76. The molecule has 1 amide bonds. The van der Waals surface area contributed by atoms with Crippen molar-refractivity contribution < 1.29 is 13.6 Å². The minimum atomic E-state index is -0.740. The maximum atomic E-state index is 13.4. The first kappa shape index (κ1) is 17.1. The quantitative estimate of drug-likeness (QED) is 0.915. The molecule has 1 unspecified atom stereocenters. The Morgan fingerprint density at radius 2 is 1.92 bits per heavy atom. The average Bonchev–Trinajstić information content (AvgIpc) is 2.64. The zero-order chi connectivity index (χ0) is 18.1. The van der Waals surface area contributed by atoms with E-state index in [9.17, 15) is 13.6 Å². The number of benzene rings is 1. The molecule has 3 fully saturated rings. The van der Waals surface area contributed by atoms with Crippen LogP contribution in [0.2, 0.25) is 0 Å². The SMILES string of the molecule is O=C(NC1C2CCN(CC2)[C@H]1Cc1cccnc1)c1cc(F)cc(F)c1. The van der Waals surface area contributed by atoms with E-state index in [2.05, 4.69) is 15.2 Å². The van der Waals surface area contributed by atoms with Gasteiger partial charge in [-0.1, -0.05) is 6.07 Å². The van der Waals surface area contributed by atoms with E-state index in [1.165, 1.54) is 0 Å². The number of fused-ring (bicyclic) bond motifs is 3. The van der Waals surface area contributed by atoms with Gasteiger partial charge in [-0.25, -0.2) is 8.78 Å². The van der Waals surface area contributed by atoms with Gasteiger partial charge in [0, 0.05) is 36.1 Å². The monoisotopic (exact) mass is 357 g/mol. The fraction of sp³-hybridized carbons (Fsp3) is 0.400. The van der Waals surface area contributed by atoms with Crippen LogP contribution in [-0.4, -0.2) is 41.0 Å². The summed E-state index contributed by atoms with van der Waals surface area (Å²) < 4.78 is 26.9. The van der Waals surface area contributed by atoms with Crippen LogP contribution in [0.1, 0.15) is 28.8 Å². The van der Waals surface area contributed by atoms with E-state index in [0.717, 1.165) is 56.1 Å². The largest absolute Gasteiger partial charge is 0.347 e. The number of halogens is 2. The van der Waals surface area contributed by atoms with Crippen LogP contribution < -0.4 is 5.32 Å². The minimum absolute atomic E-state index is 0.0269. The van der Waals surface area contributed by atoms with Crippen LogP contribution in [-0.2, 0) is 6.42 Å². The topological polar surface area (TPSA) is 45.2 Å². The lowest BCUT2D eigenvalue weighted by molar-refractivity contribution is 0.0136. The molecular formula is C20H21F2N3O. The first-order valence-corrected chi connectivity index (χ1v) is 9.00. The lowest BCUT2D eigenvalue weighted by Gasteiger charge is -2.51. The fourth-order valence-electron chi connectivity index (χ4n) is 4.30. The van der Waals surface area contributed by atoms with Gasteiger partial charge in [0.15, 0.2) is 0 Å². The molecule has 0 spiro atoms. The highest BCUT2D eigenvalue weighted by molar-refractivity contribution is 5.94. The third-order valence-electron chi connectivity index (χ3n) is 5.56. The molecule has 5 rings (SSSR count). The molecule has 4 nitrogen and oxygen atoms in total. The number of carbonyl (C=O) groups excluding carboxylic acids is 1. The molecule has 4 heterocycles. The second-order valence-electron chi connectivity index (χ2n) is 7.16. The van der Waals surface area contributed by atoms with Gasteiger partial charge >= 0.3 is 0 Å². The summed E-state index contributed by atoms with van der Waals surface area (Å²) in [6.45, 7) is 2.05. The summed E-state index contributed by atoms with van der Waals surface area (Å²) in [6.07, 6.45) is 6.46. The maximum absolute atomic E-state index is 13.4. The molecule has 1 N–H and O–H groups in total. The van der Waals surface area contributed by atoms with Gasteiger partial charge in [0.05, 0.1) is 0 Å². The molecule has 26 heavy (non-hydrogen) atoms. The second-order valence-corrected chi connectivity index (χ2v) is 7.16. The highest BCUT2D eigenvalue weighted by Gasteiger charge is 2.42. The van der Waals surface area contributed by atoms with Crippen molar-refractivity contribution in [2.75, 3.05) is 13.1 Å². The standard InChI is InChI=1S/C20H21F2N3O/c21-16-9-15(10-17(22)11-16)20(26)24-19-14-3-6-25(7-4-14)18(19)8-13-2-1-5-23-12-13/h1-2,5,9-12,14,18-19H,3-4,6-8H2,(H,24,26)/t18-,19?/m0/s1. The van der Waals surface area contributed by atoms with Gasteiger partial charge < -0.3 is 5.32 Å². The summed E-state index contributed by atoms with van der Waals surface area (Å²) in [5.74, 6) is -1.51. The normalized spacial score (nSPS) is 27.3. The Balaban J connectivity index is 1.55. The number of amides is 1. The summed E-state index contributed by atoms with van der Waals surface area (Å²) in [7, 11) is 0. The summed E-state index contributed by atoms with van der Waals surface area (Å²) in [5, 5.41) is 3.06. The Morgan fingerprint density at radius 1 is 1.19 bits per heavy atom. The van der Waals surface area contributed by atoms with Crippen molar-refractivity contribution >= 4 is 5.91 Å². The van der Waals surface area contributed by atoms with Gasteiger partial charge in [0.2, 0.25) is 0 Å². The van der Waals surface area contributed by atoms with Crippen molar-refractivity contribution in [1.29, 1.82) is 0 Å². The molecular weight excluding hydrogens is 336 g/mol. The Kier molecular flexibility index (Phi) is 4.68. The molecule has 2 bridgehead atoms. The van der Waals surface area contributed by atoms with Crippen molar-refractivity contribution in [2.24, 2.45) is 5.92 Å². The molecule has 3 saturated heterocycles. The number of hydrogen-bond acceptors (Lipinski definition) is 3. The summed E-state index contributed by atoms with van der Waals surface area (Å²) in [5.41, 5.74) is 1.15. The van der Waals surface area contributed by atoms with Crippen LogP contribution in [0.15, 0.2) is 42.7 Å². The predicted molar refractivity (Wildman–Crippen MR) is 93.6 cm³/mol. The minimum Gasteiger partial charge on any atom is -0.347 e. The highest BCUT2D eigenvalue weighted by Crippen LogP contribution is 2.34. The number of piperidine rings is 3. The maximum Gasteiger partial charge on any atom is 0.251 e. The van der Waals surface area contributed by atoms with Gasteiger partial charge in [-0.3, -0.25) is 14.7 Å². The molecule has 3 aliphatic heterocycles. The molecule has 2 atom stereocenters. The molecule has 3 aliphatic rings. The molecule has 0 saturated carbocycles. The third kappa shape index (κ3) is 3.46. The molecule has 2 aromatic rings. The number of pyridine rings is 1. The van der Waals surface area contributed by atoms with E-state index in [1.807, 2.05) is 18.3 Å². The van der Waals surface area contributed by atoms with E-state index >= 15 is 0 Å². The molecule has 0 radical (unpaired) electrons. The van der Waals surface area contributed by atoms with E-state index in [1.54, 1.807) is 6.20 Å². The smallest absolute Gasteiger partial charge is 0.251 e. The Morgan fingerprint density at radius 3 is 2.58 bits per heavy atom. The number of rotatable bonds is 4. The van der Waals surface area contributed by atoms with Crippen molar-refractivity contribution in [2.45, 2.75) is 31.3 Å². The van der Waals surface area contributed by atoms with Crippen LogP contribution in [0.5, 0.6) is 0 Å². The zero-order valence-electron chi connectivity index (χ0n) is 14.4. The van der Waals surface area contributed by atoms with Gasteiger partial charge in [0.25, 0.3) is 5.91 Å². The van der Waals surface area contributed by atoms with E-state index in [4.69, 9.17) is 0 Å². The van der Waals surface area contributed by atoms with Crippen molar-refractivity contribution in [3.05, 3.63) is 65.5 Å². The van der Waals surface area contributed by atoms with Crippen LogP contribution in [0.25, 0.3) is 0 Å². The zero-order valence-corrected chi connectivity index (χ0v) is 14.4. The van der Waals surface area contributed by atoms with Gasteiger partial charge in [-0.05, 0) is 62.0 Å². The number of aromatic nitrogens is 1. The van der Waals surface area contributed by atoms with Crippen LogP contribution >= 0.6 is 0 Å². The lowest BCUT2D eigenvalue weighted by Crippen LogP contribution is -2.64. The van der Waals surface area contributed by atoms with Crippen molar-refractivity contribution in [1.82, 2.24) is 15.2 Å². The molecule has 1 aromatic heterocycles. The molecule has 136 valence electrons. The van der Waals surface area contributed by atoms with Gasteiger partial charge in [-0.15, -0.1) is 0 Å². The third-order valence-corrected chi connectivity index (χ3v) is 5.56. The first-order valence-electron chi connectivity index (χ1n) is 9.00. The van der Waals surface area contributed by atoms with E-state index in [0.29, 0.717) is 5.92 Å². The Labute approximate surface area is 151 Å². The van der Waals surface area contributed by atoms with Gasteiger partial charge in [-0.2, -0.15) is 0 Å². The number of nitrogens with one attached hydrogen (secondary N) is 1. The summed E-state index contributed by atoms with van der Waals surface area (Å²) >= 11 is 0. The van der Waals surface area contributed by atoms with Crippen molar-refractivity contribution in [3.63, 3.8) is 0 Å². The summed E-state index contributed by atoms with van der Waals surface area (Å²) in [4.78, 5) is 19.2. The second kappa shape index (κ2) is 7.11. The predicted octanol–water partition coefficient (Wildman–Crippen LogP) is 2.80. The fourth-order valence-corrected chi connectivity index (χ4v) is 4.30. The van der Waals surface area contributed by atoms with Crippen LogP contribution in [0, 0.1) is 17.6 Å². The average molecular weight is 357 g/mol.